The van der Waals surface area contributed by atoms with Gasteiger partial charge in [-0.25, -0.2) is 0 Å². The second kappa shape index (κ2) is 8.70. The summed E-state index contributed by atoms with van der Waals surface area (Å²) >= 11 is 3.43. The van der Waals surface area contributed by atoms with Gasteiger partial charge < -0.3 is 10.1 Å². The Balaban J connectivity index is 1.95. The molecule has 2 aromatic carbocycles. The molecule has 0 saturated heterocycles. The van der Waals surface area contributed by atoms with Crippen molar-refractivity contribution >= 4 is 27.5 Å². The van der Waals surface area contributed by atoms with Crippen LogP contribution in [0.2, 0.25) is 0 Å². The summed E-state index contributed by atoms with van der Waals surface area (Å²) in [4.78, 5) is 14.4. The number of hydrogen-bond donors (Lipinski definition) is 1. The Labute approximate surface area is 145 Å². The van der Waals surface area contributed by atoms with Crippen molar-refractivity contribution in [3.05, 3.63) is 58.6 Å². The first-order valence-electron chi connectivity index (χ1n) is 7.52. The van der Waals surface area contributed by atoms with Gasteiger partial charge in [-0.2, -0.15) is 0 Å². The average Bonchev–Trinajstić information content (AvgIpc) is 2.56. The van der Waals surface area contributed by atoms with E-state index in [0.29, 0.717) is 18.0 Å². The average molecular weight is 377 g/mol. The van der Waals surface area contributed by atoms with Crippen LogP contribution in [0.3, 0.4) is 0 Å². The molecule has 0 aliphatic rings. The first kappa shape index (κ1) is 17.5. The number of anilines is 1. The first-order valence-corrected chi connectivity index (χ1v) is 8.31. The van der Waals surface area contributed by atoms with Crippen LogP contribution in [0.25, 0.3) is 0 Å². The fraction of sp³-hybridized carbons (Fsp3) is 0.278. The third-order valence-corrected chi connectivity index (χ3v) is 4.04. The Bertz CT molecular complexity index is 644. The maximum Gasteiger partial charge on any atom is 0.238 e. The van der Waals surface area contributed by atoms with Gasteiger partial charge in [0, 0.05) is 11.0 Å². The van der Waals surface area contributed by atoms with E-state index >= 15 is 0 Å². The minimum atomic E-state index is -0.0477. The lowest BCUT2D eigenvalue weighted by Gasteiger charge is -2.20. The van der Waals surface area contributed by atoms with Crippen LogP contribution in [0.15, 0.2) is 53.0 Å². The highest BCUT2D eigenvalue weighted by molar-refractivity contribution is 9.10. The predicted octanol–water partition coefficient (Wildman–Crippen LogP) is 3.92. The van der Waals surface area contributed by atoms with Crippen molar-refractivity contribution in [1.29, 1.82) is 0 Å². The van der Waals surface area contributed by atoms with Gasteiger partial charge in [-0.1, -0.05) is 47.1 Å². The van der Waals surface area contributed by atoms with Crippen molar-refractivity contribution in [1.82, 2.24) is 4.90 Å². The summed E-state index contributed by atoms with van der Waals surface area (Å²) in [6.45, 7) is 3.93. The molecule has 0 aliphatic heterocycles. The van der Waals surface area contributed by atoms with E-state index < -0.39 is 0 Å². The molecule has 0 unspecified atom stereocenters. The summed E-state index contributed by atoms with van der Waals surface area (Å²) in [6, 6.07) is 15.6. The van der Waals surface area contributed by atoms with E-state index in [1.807, 2.05) is 36.4 Å². The summed E-state index contributed by atoms with van der Waals surface area (Å²) < 4.78 is 6.31. The molecule has 1 amide bonds. The number of rotatable bonds is 7. The van der Waals surface area contributed by atoms with Gasteiger partial charge in [0.05, 0.1) is 19.3 Å². The number of nitrogens with zero attached hydrogens (tertiary/aromatic N) is 1. The lowest BCUT2D eigenvalue weighted by molar-refractivity contribution is -0.117. The van der Waals surface area contributed by atoms with Crippen molar-refractivity contribution in [2.24, 2.45) is 0 Å². The quantitative estimate of drug-likeness (QED) is 0.795. The number of hydrogen-bond acceptors (Lipinski definition) is 3. The molecule has 0 spiro atoms. The van der Waals surface area contributed by atoms with Gasteiger partial charge in [0.25, 0.3) is 0 Å². The third kappa shape index (κ3) is 5.37. The molecule has 0 heterocycles. The maximum absolute atomic E-state index is 12.3. The van der Waals surface area contributed by atoms with Gasteiger partial charge >= 0.3 is 0 Å². The van der Waals surface area contributed by atoms with Crippen LogP contribution in [0.1, 0.15) is 12.5 Å². The van der Waals surface area contributed by atoms with Crippen LogP contribution < -0.4 is 10.1 Å². The molecular weight excluding hydrogens is 356 g/mol. The van der Waals surface area contributed by atoms with E-state index in [1.54, 1.807) is 7.11 Å². The SMILES string of the molecule is CCN(CC(=O)Nc1ccccc1OC)Cc1ccc(Br)cc1. The van der Waals surface area contributed by atoms with Gasteiger partial charge in [0.15, 0.2) is 0 Å². The minimum absolute atomic E-state index is 0.0477. The summed E-state index contributed by atoms with van der Waals surface area (Å²) in [6.07, 6.45) is 0. The van der Waals surface area contributed by atoms with Crippen molar-refractivity contribution in [3.8, 4) is 5.75 Å². The molecule has 0 aromatic heterocycles. The van der Waals surface area contributed by atoms with E-state index in [2.05, 4.69) is 45.2 Å². The van der Waals surface area contributed by atoms with Crippen molar-refractivity contribution in [2.45, 2.75) is 13.5 Å². The summed E-state index contributed by atoms with van der Waals surface area (Å²) in [5.41, 5.74) is 1.87. The number of likely N-dealkylation sites (N-methyl/N-ethyl adjacent to an activating group) is 1. The fourth-order valence-electron chi connectivity index (χ4n) is 2.27. The molecule has 0 saturated carbocycles. The van der Waals surface area contributed by atoms with Gasteiger partial charge in [0.2, 0.25) is 5.91 Å². The zero-order chi connectivity index (χ0) is 16.7. The van der Waals surface area contributed by atoms with Crippen LogP contribution in [-0.4, -0.2) is 31.0 Å². The van der Waals surface area contributed by atoms with E-state index in [-0.39, 0.29) is 5.91 Å². The van der Waals surface area contributed by atoms with E-state index in [0.717, 1.165) is 17.6 Å². The first-order chi connectivity index (χ1) is 11.1. The highest BCUT2D eigenvalue weighted by Gasteiger charge is 2.12. The fourth-order valence-corrected chi connectivity index (χ4v) is 2.53. The zero-order valence-corrected chi connectivity index (χ0v) is 15.0. The number of nitrogens with one attached hydrogen (secondary N) is 1. The molecule has 0 atom stereocenters. The van der Waals surface area contributed by atoms with Crippen molar-refractivity contribution in [2.75, 3.05) is 25.5 Å². The van der Waals surface area contributed by atoms with Crippen LogP contribution in [0, 0.1) is 0 Å². The smallest absolute Gasteiger partial charge is 0.238 e. The molecule has 122 valence electrons. The Morgan fingerprint density at radius 2 is 1.87 bits per heavy atom. The summed E-state index contributed by atoms with van der Waals surface area (Å²) in [5.74, 6) is 0.616. The van der Waals surface area contributed by atoms with Crippen LogP contribution in [0.5, 0.6) is 5.75 Å². The highest BCUT2D eigenvalue weighted by atomic mass is 79.9. The number of benzene rings is 2. The molecule has 23 heavy (non-hydrogen) atoms. The van der Waals surface area contributed by atoms with Crippen molar-refractivity contribution in [3.63, 3.8) is 0 Å². The molecule has 2 rings (SSSR count). The Hall–Kier alpha value is -1.85. The molecule has 2 aromatic rings. The molecule has 5 heteroatoms. The molecular formula is C18H21BrN2O2. The lowest BCUT2D eigenvalue weighted by atomic mass is 10.2. The molecule has 0 bridgehead atoms. The van der Waals surface area contributed by atoms with Gasteiger partial charge in [0.1, 0.15) is 5.75 Å². The zero-order valence-electron chi connectivity index (χ0n) is 13.4. The van der Waals surface area contributed by atoms with E-state index in [4.69, 9.17) is 4.74 Å². The number of amides is 1. The third-order valence-electron chi connectivity index (χ3n) is 3.51. The normalized spacial score (nSPS) is 10.6. The van der Waals surface area contributed by atoms with Gasteiger partial charge in [-0.3, -0.25) is 9.69 Å². The van der Waals surface area contributed by atoms with Crippen LogP contribution in [0.4, 0.5) is 5.69 Å². The summed E-state index contributed by atoms with van der Waals surface area (Å²) in [5, 5.41) is 2.91. The number of carbonyl (C=O) groups is 1. The Morgan fingerprint density at radius 1 is 1.17 bits per heavy atom. The van der Waals surface area contributed by atoms with E-state index in [9.17, 15) is 4.79 Å². The van der Waals surface area contributed by atoms with Crippen LogP contribution >= 0.6 is 15.9 Å². The summed E-state index contributed by atoms with van der Waals surface area (Å²) in [7, 11) is 1.59. The molecule has 1 N–H and O–H groups in total. The maximum atomic E-state index is 12.3. The van der Waals surface area contributed by atoms with Crippen molar-refractivity contribution < 1.29 is 9.53 Å². The number of ether oxygens (including phenoxy) is 1. The second-order valence-corrected chi connectivity index (χ2v) is 6.09. The second-order valence-electron chi connectivity index (χ2n) is 5.18. The molecule has 4 nitrogen and oxygen atoms in total. The minimum Gasteiger partial charge on any atom is -0.495 e. The largest absolute Gasteiger partial charge is 0.495 e. The number of methoxy groups -OCH3 is 1. The Morgan fingerprint density at radius 3 is 2.52 bits per heavy atom. The predicted molar refractivity (Wildman–Crippen MR) is 96.7 cm³/mol. The molecule has 0 fully saturated rings. The monoisotopic (exact) mass is 376 g/mol. The van der Waals surface area contributed by atoms with E-state index in [1.165, 1.54) is 5.56 Å². The topological polar surface area (TPSA) is 41.6 Å². The molecule has 0 radical (unpaired) electrons. The van der Waals surface area contributed by atoms with Gasteiger partial charge in [-0.15, -0.1) is 0 Å². The number of halogens is 1. The Kier molecular flexibility index (Phi) is 6.62. The molecule has 0 aliphatic carbocycles. The van der Waals surface area contributed by atoms with Gasteiger partial charge in [-0.05, 0) is 36.4 Å². The van der Waals surface area contributed by atoms with Crippen LogP contribution in [-0.2, 0) is 11.3 Å². The lowest BCUT2D eigenvalue weighted by Crippen LogP contribution is -2.32. The number of para-hydroxylation sites is 2. The highest BCUT2D eigenvalue weighted by Crippen LogP contribution is 2.22. The number of carbonyl (C=O) groups excluding carboxylic acids is 1. The standard InChI is InChI=1S/C18H21BrN2O2/c1-3-21(12-14-8-10-15(19)11-9-14)13-18(22)20-16-6-4-5-7-17(16)23-2/h4-11H,3,12-13H2,1-2H3,(H,20,22).